The van der Waals surface area contributed by atoms with Crippen LogP contribution in [0.5, 0.6) is 0 Å². The molecule has 0 unspecified atom stereocenters. The summed E-state index contributed by atoms with van der Waals surface area (Å²) in [6.45, 7) is 0.449. The highest BCUT2D eigenvalue weighted by molar-refractivity contribution is 6.45. The highest BCUT2D eigenvalue weighted by atomic mass is 16.5. The zero-order chi connectivity index (χ0) is 15.9. The molecule has 0 amide bonds. The number of hydrogen-bond acceptors (Lipinski definition) is 4. The number of carboxylic acid groups (broad SMARTS) is 1. The fourth-order valence-corrected chi connectivity index (χ4v) is 2.35. The van der Waals surface area contributed by atoms with Crippen LogP contribution in [-0.2, 0) is 16.0 Å². The lowest BCUT2D eigenvalue weighted by atomic mass is 9.72. The summed E-state index contributed by atoms with van der Waals surface area (Å²) >= 11 is 0. The molecule has 2 atom stereocenters. The maximum absolute atomic E-state index is 10.6. The molecule has 8 heteroatoms. The van der Waals surface area contributed by atoms with Crippen molar-refractivity contribution in [2.45, 2.75) is 37.9 Å². The number of rotatable bonds is 5. The van der Waals surface area contributed by atoms with E-state index >= 15 is 0 Å². The van der Waals surface area contributed by atoms with Gasteiger partial charge in [-0.25, -0.2) is 4.99 Å². The van der Waals surface area contributed by atoms with Gasteiger partial charge in [0.25, 0.3) is 0 Å². The Morgan fingerprint density at radius 1 is 1.41 bits per heavy atom. The zero-order valence-corrected chi connectivity index (χ0v) is 12.2. The van der Waals surface area contributed by atoms with Crippen molar-refractivity contribution in [3.63, 3.8) is 0 Å². The summed E-state index contributed by atoms with van der Waals surface area (Å²) in [7, 11) is -1.09. The van der Waals surface area contributed by atoms with E-state index in [9.17, 15) is 9.82 Å². The molecule has 0 aliphatic carbocycles. The molecule has 1 fully saturated rings. The summed E-state index contributed by atoms with van der Waals surface area (Å²) in [5.41, 5.74) is 6.84. The van der Waals surface area contributed by atoms with E-state index in [2.05, 4.69) is 10.3 Å². The van der Waals surface area contributed by atoms with Crippen molar-refractivity contribution in [3.05, 3.63) is 35.9 Å². The largest absolute Gasteiger partial charge is 0.481 e. The van der Waals surface area contributed by atoms with Crippen molar-refractivity contribution in [2.24, 2.45) is 10.7 Å². The van der Waals surface area contributed by atoms with E-state index in [-0.39, 0.29) is 18.3 Å². The Labute approximate surface area is 129 Å². The number of guanidine groups is 1. The van der Waals surface area contributed by atoms with E-state index in [1.54, 1.807) is 0 Å². The van der Waals surface area contributed by atoms with Crippen LogP contribution in [0.1, 0.15) is 24.8 Å². The zero-order valence-electron chi connectivity index (χ0n) is 12.2. The van der Waals surface area contributed by atoms with Gasteiger partial charge in [0.05, 0.1) is 25.0 Å². The number of nitrogens with one attached hydrogen (secondary N) is 1. The fourth-order valence-electron chi connectivity index (χ4n) is 2.35. The first kappa shape index (κ1) is 16.3. The minimum atomic E-state index is -1.09. The van der Waals surface area contributed by atoms with Crippen LogP contribution in [0.4, 0.5) is 0 Å². The average Bonchev–Trinajstić information content (AvgIpc) is 2.48. The maximum Gasteiger partial charge on any atom is 0.478 e. The smallest absolute Gasteiger partial charge is 0.478 e. The number of hydrogen-bond donors (Lipinski definition) is 4. The second-order valence-corrected chi connectivity index (χ2v) is 5.26. The number of aliphatic imine (C=N–C) groups is 1. The van der Waals surface area contributed by atoms with E-state index in [0.29, 0.717) is 19.4 Å². The second-order valence-electron chi connectivity index (χ2n) is 5.26. The molecule has 0 saturated carbocycles. The third-order valence-corrected chi connectivity index (χ3v) is 3.49. The van der Waals surface area contributed by atoms with Crippen molar-refractivity contribution in [1.82, 2.24) is 5.32 Å². The number of aliphatic carboxylic acids is 1. The predicted octanol–water partition coefficient (Wildman–Crippen LogP) is 0.133. The number of carbonyl (C=O) groups is 1. The standard InChI is InChI=1S/C14H20BN3O4/c16-14(17-9-10-4-2-1-3-5-10)18-12-7-6-11(8-13(19)20)22-15(12)21/h1-5,11-12,21H,6-9H2,(H,19,20)(H3,16,17,18)/t11-,12-/m0/s1. The van der Waals surface area contributed by atoms with Gasteiger partial charge in [-0.1, -0.05) is 30.3 Å². The van der Waals surface area contributed by atoms with Crippen LogP contribution >= 0.6 is 0 Å². The molecule has 22 heavy (non-hydrogen) atoms. The monoisotopic (exact) mass is 305 g/mol. The summed E-state index contributed by atoms with van der Waals surface area (Å²) in [6.07, 6.45) is 0.544. The van der Waals surface area contributed by atoms with Crippen molar-refractivity contribution >= 4 is 19.0 Å². The number of benzene rings is 1. The lowest BCUT2D eigenvalue weighted by Gasteiger charge is -2.31. The molecule has 5 N–H and O–H groups in total. The normalized spacial score (nSPS) is 22.4. The van der Waals surface area contributed by atoms with E-state index < -0.39 is 19.2 Å². The molecule has 1 aliphatic rings. The van der Waals surface area contributed by atoms with Crippen LogP contribution in [-0.4, -0.2) is 41.2 Å². The number of nitrogens with zero attached hydrogens (tertiary/aromatic N) is 1. The van der Waals surface area contributed by atoms with Crippen LogP contribution in [0.2, 0.25) is 0 Å². The molecular formula is C14H20BN3O4. The molecule has 1 aliphatic heterocycles. The van der Waals surface area contributed by atoms with Gasteiger partial charge >= 0.3 is 13.1 Å². The van der Waals surface area contributed by atoms with Crippen LogP contribution in [0.15, 0.2) is 35.3 Å². The maximum atomic E-state index is 10.6. The second kappa shape index (κ2) is 7.81. The van der Waals surface area contributed by atoms with Gasteiger partial charge < -0.3 is 25.8 Å². The molecule has 7 nitrogen and oxygen atoms in total. The lowest BCUT2D eigenvalue weighted by molar-refractivity contribution is -0.139. The Morgan fingerprint density at radius 2 is 2.14 bits per heavy atom. The Morgan fingerprint density at radius 3 is 2.77 bits per heavy atom. The molecule has 1 aromatic carbocycles. The SMILES string of the molecule is NC(=NCc1ccccc1)N[C@H]1CC[C@@H](CC(=O)O)OB1O. The van der Waals surface area contributed by atoms with Crippen molar-refractivity contribution in [3.8, 4) is 0 Å². The van der Waals surface area contributed by atoms with Gasteiger partial charge in [0.15, 0.2) is 5.96 Å². The van der Waals surface area contributed by atoms with Gasteiger partial charge in [0.1, 0.15) is 0 Å². The summed E-state index contributed by atoms with van der Waals surface area (Å²) in [5, 5.41) is 21.5. The van der Waals surface area contributed by atoms with E-state index in [0.717, 1.165) is 5.56 Å². The highest BCUT2D eigenvalue weighted by Gasteiger charge is 2.36. The molecule has 0 bridgehead atoms. The average molecular weight is 305 g/mol. The van der Waals surface area contributed by atoms with E-state index in [4.69, 9.17) is 15.5 Å². The van der Waals surface area contributed by atoms with Crippen LogP contribution in [0.3, 0.4) is 0 Å². The topological polar surface area (TPSA) is 117 Å². The first-order valence-corrected chi connectivity index (χ1v) is 7.20. The Kier molecular flexibility index (Phi) is 5.79. The predicted molar refractivity (Wildman–Crippen MR) is 83.0 cm³/mol. The van der Waals surface area contributed by atoms with Crippen molar-refractivity contribution in [1.29, 1.82) is 0 Å². The van der Waals surface area contributed by atoms with Crippen LogP contribution in [0.25, 0.3) is 0 Å². The summed E-state index contributed by atoms with van der Waals surface area (Å²) in [6, 6.07) is 9.68. The van der Waals surface area contributed by atoms with Gasteiger partial charge in [-0.05, 0) is 18.4 Å². The van der Waals surface area contributed by atoms with Gasteiger partial charge in [0, 0.05) is 0 Å². The first-order valence-electron chi connectivity index (χ1n) is 7.20. The molecule has 1 heterocycles. The molecule has 0 radical (unpaired) electrons. The lowest BCUT2D eigenvalue weighted by Crippen LogP contribution is -2.54. The minimum absolute atomic E-state index is 0.110. The third-order valence-electron chi connectivity index (χ3n) is 3.49. The Hall–Kier alpha value is -2.06. The van der Waals surface area contributed by atoms with E-state index in [1.165, 1.54) is 0 Å². The highest BCUT2D eigenvalue weighted by Crippen LogP contribution is 2.18. The first-order chi connectivity index (χ1) is 10.5. The molecule has 1 saturated heterocycles. The summed E-state index contributed by atoms with van der Waals surface area (Å²) in [4.78, 5) is 14.8. The van der Waals surface area contributed by atoms with E-state index in [1.807, 2.05) is 30.3 Å². The summed E-state index contributed by atoms with van der Waals surface area (Å²) < 4.78 is 5.28. The van der Waals surface area contributed by atoms with Crippen LogP contribution in [0, 0.1) is 0 Å². The molecule has 118 valence electrons. The minimum Gasteiger partial charge on any atom is -0.481 e. The van der Waals surface area contributed by atoms with Crippen LogP contribution < -0.4 is 11.1 Å². The molecular weight excluding hydrogens is 285 g/mol. The van der Waals surface area contributed by atoms with Gasteiger partial charge in [-0.2, -0.15) is 0 Å². The summed E-state index contributed by atoms with van der Waals surface area (Å²) in [5.74, 6) is -1.09. The number of nitrogens with two attached hydrogens (primary N) is 1. The quantitative estimate of drug-likeness (QED) is 0.349. The Bertz CT molecular complexity index is 526. The number of carboxylic acids is 1. The molecule has 0 spiro atoms. The molecule has 2 rings (SSSR count). The molecule has 1 aromatic rings. The molecule has 0 aromatic heterocycles. The van der Waals surface area contributed by atoms with Gasteiger partial charge in [0.2, 0.25) is 0 Å². The van der Waals surface area contributed by atoms with Crippen molar-refractivity contribution in [2.75, 3.05) is 0 Å². The van der Waals surface area contributed by atoms with Gasteiger partial charge in [-0.3, -0.25) is 4.79 Å². The third kappa shape index (κ3) is 5.05. The Balaban J connectivity index is 1.82. The fraction of sp³-hybridized carbons (Fsp3) is 0.429. The van der Waals surface area contributed by atoms with Crippen molar-refractivity contribution < 1.29 is 19.6 Å². The van der Waals surface area contributed by atoms with Gasteiger partial charge in [-0.15, -0.1) is 0 Å².